The van der Waals surface area contributed by atoms with Crippen LogP contribution in [-0.4, -0.2) is 35.7 Å². The lowest BCUT2D eigenvalue weighted by Gasteiger charge is -2.24. The van der Waals surface area contributed by atoms with Gasteiger partial charge in [-0.25, -0.2) is 14.0 Å². The number of aryl methyl sites for hydroxylation is 1. The molecule has 0 bridgehead atoms. The second-order valence-electron chi connectivity index (χ2n) is 10.3. The van der Waals surface area contributed by atoms with Crippen LogP contribution in [0.3, 0.4) is 0 Å². The summed E-state index contributed by atoms with van der Waals surface area (Å²) in [5.41, 5.74) is 2.96. The maximum atomic E-state index is 13.5. The van der Waals surface area contributed by atoms with Crippen LogP contribution in [0, 0.1) is 6.92 Å². The molecule has 0 heterocycles. The van der Waals surface area contributed by atoms with Crippen LogP contribution in [0.4, 0.5) is 33.7 Å². The van der Waals surface area contributed by atoms with Crippen molar-refractivity contribution in [2.75, 3.05) is 16.8 Å². The quantitative estimate of drug-likeness (QED) is 0.225. The summed E-state index contributed by atoms with van der Waals surface area (Å²) in [4.78, 5) is 37.8. The summed E-state index contributed by atoms with van der Waals surface area (Å²) in [6.07, 6.45) is -0.417. The number of benzene rings is 3. The SMILES string of the molecule is Cc1cc(NC(=O)N(Cc2ccc(C(=O)NCC(F)C(=O)O)cc2)c2ccc(C3=CCCCC3)cc2)cc(C(F)(F)F)c1. The number of alkyl halides is 4. The molecule has 1 aliphatic rings. The fraction of sp³-hybridized carbons (Fsp3) is 0.281. The van der Waals surface area contributed by atoms with Crippen molar-refractivity contribution in [1.82, 2.24) is 5.32 Å². The van der Waals surface area contributed by atoms with Crippen LogP contribution in [-0.2, 0) is 17.5 Å². The van der Waals surface area contributed by atoms with Crippen molar-refractivity contribution < 1.29 is 37.1 Å². The van der Waals surface area contributed by atoms with Crippen LogP contribution < -0.4 is 15.5 Å². The molecule has 43 heavy (non-hydrogen) atoms. The van der Waals surface area contributed by atoms with Gasteiger partial charge in [-0.05, 0) is 97.3 Å². The van der Waals surface area contributed by atoms with E-state index in [0.717, 1.165) is 43.4 Å². The zero-order chi connectivity index (χ0) is 31.1. The first-order valence-corrected chi connectivity index (χ1v) is 13.7. The number of nitrogens with one attached hydrogen (secondary N) is 2. The molecule has 4 rings (SSSR count). The van der Waals surface area contributed by atoms with Crippen LogP contribution in [0.25, 0.3) is 5.57 Å². The molecule has 1 unspecified atom stereocenters. The number of urea groups is 1. The van der Waals surface area contributed by atoms with Crippen LogP contribution >= 0.6 is 0 Å². The predicted molar refractivity (Wildman–Crippen MR) is 156 cm³/mol. The molecule has 226 valence electrons. The number of carboxylic acid groups (broad SMARTS) is 1. The largest absolute Gasteiger partial charge is 0.479 e. The van der Waals surface area contributed by atoms with E-state index < -0.39 is 42.4 Å². The molecule has 0 saturated heterocycles. The highest BCUT2D eigenvalue weighted by Crippen LogP contribution is 2.33. The maximum absolute atomic E-state index is 13.5. The van der Waals surface area contributed by atoms with E-state index in [1.807, 2.05) is 12.1 Å². The average molecular weight is 598 g/mol. The van der Waals surface area contributed by atoms with E-state index >= 15 is 0 Å². The number of nitrogens with zero attached hydrogens (tertiary/aromatic N) is 1. The summed E-state index contributed by atoms with van der Waals surface area (Å²) in [7, 11) is 0. The second-order valence-corrected chi connectivity index (χ2v) is 10.3. The molecule has 11 heteroatoms. The smallest absolute Gasteiger partial charge is 0.416 e. The molecule has 1 aliphatic carbocycles. The number of anilines is 2. The van der Waals surface area contributed by atoms with Crippen LogP contribution in [0.5, 0.6) is 0 Å². The van der Waals surface area contributed by atoms with Gasteiger partial charge in [-0.1, -0.05) is 30.3 Å². The Kier molecular flexibility index (Phi) is 9.84. The average Bonchev–Trinajstić information content (AvgIpc) is 2.98. The predicted octanol–water partition coefficient (Wildman–Crippen LogP) is 7.36. The van der Waals surface area contributed by atoms with Gasteiger partial charge in [0.25, 0.3) is 5.91 Å². The zero-order valence-corrected chi connectivity index (χ0v) is 23.4. The first-order valence-electron chi connectivity index (χ1n) is 13.7. The summed E-state index contributed by atoms with van der Waals surface area (Å²) in [5.74, 6) is -2.35. The van der Waals surface area contributed by atoms with Gasteiger partial charge in [0.15, 0.2) is 0 Å². The second kappa shape index (κ2) is 13.5. The highest BCUT2D eigenvalue weighted by Gasteiger charge is 2.31. The van der Waals surface area contributed by atoms with Crippen LogP contribution in [0.15, 0.2) is 72.8 Å². The molecule has 0 fully saturated rings. The fourth-order valence-corrected chi connectivity index (χ4v) is 4.76. The third kappa shape index (κ3) is 8.43. The molecule has 0 aliphatic heterocycles. The van der Waals surface area contributed by atoms with Gasteiger partial charge in [-0.15, -0.1) is 0 Å². The first kappa shape index (κ1) is 31.3. The summed E-state index contributed by atoms with van der Waals surface area (Å²) in [5, 5.41) is 13.4. The Morgan fingerprint density at radius 3 is 2.28 bits per heavy atom. The van der Waals surface area contributed by atoms with Crippen LogP contribution in [0.2, 0.25) is 0 Å². The lowest BCUT2D eigenvalue weighted by molar-refractivity contribution is -0.142. The van der Waals surface area contributed by atoms with E-state index in [0.29, 0.717) is 16.8 Å². The Morgan fingerprint density at radius 1 is 0.977 bits per heavy atom. The number of amides is 3. The van der Waals surface area contributed by atoms with E-state index in [-0.39, 0.29) is 17.8 Å². The van der Waals surface area contributed by atoms with Gasteiger partial charge < -0.3 is 15.7 Å². The summed E-state index contributed by atoms with van der Waals surface area (Å²) in [6.45, 7) is 0.833. The molecule has 0 spiro atoms. The lowest BCUT2D eigenvalue weighted by Crippen LogP contribution is -2.35. The maximum Gasteiger partial charge on any atom is 0.416 e. The summed E-state index contributed by atoms with van der Waals surface area (Å²) < 4.78 is 53.5. The number of halogens is 4. The number of hydrogen-bond donors (Lipinski definition) is 3. The number of carboxylic acids is 1. The minimum absolute atomic E-state index is 0.00847. The van der Waals surface area contributed by atoms with Crippen LogP contribution in [0.1, 0.15) is 58.3 Å². The molecule has 3 N–H and O–H groups in total. The summed E-state index contributed by atoms with van der Waals surface area (Å²) >= 11 is 0. The first-order chi connectivity index (χ1) is 20.4. The Hall–Kier alpha value is -4.67. The number of rotatable bonds is 9. The highest BCUT2D eigenvalue weighted by atomic mass is 19.4. The molecule has 3 aromatic carbocycles. The van der Waals surface area contributed by atoms with Gasteiger partial charge in [0.2, 0.25) is 6.17 Å². The lowest BCUT2D eigenvalue weighted by atomic mass is 9.93. The van der Waals surface area contributed by atoms with E-state index in [9.17, 15) is 31.9 Å². The molecular weight excluding hydrogens is 566 g/mol. The third-order valence-corrected chi connectivity index (χ3v) is 7.01. The Morgan fingerprint density at radius 2 is 1.67 bits per heavy atom. The molecule has 3 aromatic rings. The highest BCUT2D eigenvalue weighted by molar-refractivity contribution is 6.02. The molecule has 3 amide bonds. The van der Waals surface area contributed by atoms with Crippen molar-refractivity contribution >= 4 is 34.9 Å². The minimum atomic E-state index is -4.58. The normalized spacial score (nSPS) is 13.9. The van der Waals surface area contributed by atoms with E-state index in [4.69, 9.17) is 5.11 Å². The number of carbonyl (C=O) groups is 3. The van der Waals surface area contributed by atoms with E-state index in [1.165, 1.54) is 35.6 Å². The van der Waals surface area contributed by atoms with Crippen molar-refractivity contribution in [1.29, 1.82) is 0 Å². The number of aliphatic carboxylic acids is 1. The standard InChI is InChI=1S/C32H31F4N3O4/c1-20-15-25(32(34,35)36)17-26(16-20)38-31(43)39(27-13-11-23(12-14-27)22-5-3-2-4-6-22)19-21-7-9-24(10-8-21)29(40)37-18-28(33)30(41)42/h5,7-17,28H,2-4,6,18-19H2,1H3,(H,37,40)(H,38,43)(H,41,42). The Balaban J connectivity index is 1.57. The third-order valence-electron chi connectivity index (χ3n) is 7.01. The fourth-order valence-electron chi connectivity index (χ4n) is 4.76. The zero-order valence-electron chi connectivity index (χ0n) is 23.4. The van der Waals surface area contributed by atoms with Gasteiger partial charge in [0.05, 0.1) is 18.7 Å². The minimum Gasteiger partial charge on any atom is -0.479 e. The Bertz CT molecular complexity index is 1500. The van der Waals surface area contributed by atoms with Crippen molar-refractivity contribution in [3.63, 3.8) is 0 Å². The van der Waals surface area contributed by atoms with E-state index in [2.05, 4.69) is 16.7 Å². The van der Waals surface area contributed by atoms with Gasteiger partial charge >= 0.3 is 18.2 Å². The number of carbonyl (C=O) groups excluding carboxylic acids is 2. The molecule has 0 aromatic heterocycles. The molecule has 0 saturated carbocycles. The van der Waals surface area contributed by atoms with Crippen molar-refractivity contribution in [3.8, 4) is 0 Å². The molecule has 0 radical (unpaired) electrons. The van der Waals surface area contributed by atoms with Gasteiger partial charge in [0, 0.05) is 16.9 Å². The molecule has 7 nitrogen and oxygen atoms in total. The van der Waals surface area contributed by atoms with Gasteiger partial charge in [-0.3, -0.25) is 9.69 Å². The Labute approximate surface area is 246 Å². The summed E-state index contributed by atoms with van der Waals surface area (Å²) in [6, 6.07) is 16.1. The molecular formula is C32H31F4N3O4. The molecule has 1 atom stereocenters. The van der Waals surface area contributed by atoms with Gasteiger partial charge in [0.1, 0.15) is 0 Å². The van der Waals surface area contributed by atoms with Crippen molar-refractivity contribution in [2.45, 2.75) is 51.5 Å². The van der Waals surface area contributed by atoms with Gasteiger partial charge in [-0.2, -0.15) is 13.2 Å². The van der Waals surface area contributed by atoms with Crippen molar-refractivity contribution in [2.24, 2.45) is 0 Å². The van der Waals surface area contributed by atoms with E-state index in [1.54, 1.807) is 24.3 Å². The van der Waals surface area contributed by atoms with Crippen molar-refractivity contribution in [3.05, 3.63) is 101 Å². The monoisotopic (exact) mass is 597 g/mol. The number of allylic oxidation sites excluding steroid dienone is 2. The number of hydrogen-bond acceptors (Lipinski definition) is 3. The topological polar surface area (TPSA) is 98.7 Å².